The highest BCUT2D eigenvalue weighted by Gasteiger charge is 2.08. The number of hydrogen-bond acceptors (Lipinski definition) is 2. The Kier molecular flexibility index (Phi) is 3.81. The summed E-state index contributed by atoms with van der Waals surface area (Å²) in [5, 5.41) is 10.8. The van der Waals surface area contributed by atoms with E-state index in [1.165, 1.54) is 6.07 Å². The molecule has 0 saturated heterocycles. The summed E-state index contributed by atoms with van der Waals surface area (Å²) in [5.41, 5.74) is 0.525. The number of nitrogens with one attached hydrogen (secondary N) is 1. The molecule has 0 aliphatic heterocycles. The molecule has 1 aromatic rings. The standard InChI is InChI=1S/C11H12FN3/c1-8(15-9(2)14-7-13)10-5-3-4-6-11(10)12/h3-6,8H,1-2H3,(H,14,15). The summed E-state index contributed by atoms with van der Waals surface area (Å²) in [4.78, 5) is 4.14. The van der Waals surface area contributed by atoms with E-state index in [2.05, 4.69) is 10.3 Å². The third-order valence-electron chi connectivity index (χ3n) is 1.98. The molecule has 0 heterocycles. The first kappa shape index (κ1) is 11.2. The van der Waals surface area contributed by atoms with Crippen LogP contribution >= 0.6 is 0 Å². The van der Waals surface area contributed by atoms with Crippen LogP contribution in [0.25, 0.3) is 0 Å². The lowest BCUT2D eigenvalue weighted by Gasteiger charge is -2.08. The van der Waals surface area contributed by atoms with E-state index < -0.39 is 0 Å². The molecule has 0 aliphatic rings. The van der Waals surface area contributed by atoms with Crippen molar-refractivity contribution in [1.82, 2.24) is 5.32 Å². The Labute approximate surface area is 88.3 Å². The van der Waals surface area contributed by atoms with E-state index in [1.54, 1.807) is 38.2 Å². The number of benzene rings is 1. The first-order valence-electron chi connectivity index (χ1n) is 4.59. The molecule has 0 fully saturated rings. The number of halogens is 1. The van der Waals surface area contributed by atoms with Crippen molar-refractivity contribution in [2.24, 2.45) is 4.99 Å². The molecule has 1 N–H and O–H groups in total. The number of rotatable bonds is 2. The molecule has 1 aromatic carbocycles. The zero-order chi connectivity index (χ0) is 11.3. The maximum atomic E-state index is 13.3. The Morgan fingerprint density at radius 3 is 2.80 bits per heavy atom. The summed E-state index contributed by atoms with van der Waals surface area (Å²) in [6, 6.07) is 6.18. The van der Waals surface area contributed by atoms with E-state index in [0.717, 1.165) is 0 Å². The predicted octanol–water partition coefficient (Wildman–Crippen LogP) is 2.38. The Hall–Kier alpha value is -1.89. The fraction of sp³-hybridized carbons (Fsp3) is 0.273. The van der Waals surface area contributed by atoms with Gasteiger partial charge in [-0.15, -0.1) is 0 Å². The maximum absolute atomic E-state index is 13.3. The summed E-state index contributed by atoms with van der Waals surface area (Å²) >= 11 is 0. The van der Waals surface area contributed by atoms with Gasteiger partial charge in [0.05, 0.1) is 6.04 Å². The molecule has 3 nitrogen and oxygen atoms in total. The van der Waals surface area contributed by atoms with Crippen LogP contribution in [-0.2, 0) is 0 Å². The van der Waals surface area contributed by atoms with Crippen LogP contribution in [0.3, 0.4) is 0 Å². The Bertz CT molecular complexity index is 407. The second-order valence-corrected chi connectivity index (χ2v) is 3.15. The van der Waals surface area contributed by atoms with Crippen molar-refractivity contribution in [2.45, 2.75) is 19.9 Å². The fourth-order valence-electron chi connectivity index (χ4n) is 1.29. The van der Waals surface area contributed by atoms with Gasteiger partial charge in [0.1, 0.15) is 11.7 Å². The first-order valence-corrected chi connectivity index (χ1v) is 4.59. The predicted molar refractivity (Wildman–Crippen MR) is 56.7 cm³/mol. The van der Waals surface area contributed by atoms with Crippen LogP contribution in [0, 0.1) is 17.3 Å². The van der Waals surface area contributed by atoms with Crippen molar-refractivity contribution in [3.63, 3.8) is 0 Å². The highest BCUT2D eigenvalue weighted by Crippen LogP contribution is 2.19. The summed E-state index contributed by atoms with van der Waals surface area (Å²) in [6.45, 7) is 3.45. The third kappa shape index (κ3) is 3.06. The van der Waals surface area contributed by atoms with E-state index in [9.17, 15) is 4.39 Å². The first-order chi connectivity index (χ1) is 7.15. The summed E-state index contributed by atoms with van der Waals surface area (Å²) in [5.74, 6) is 0.201. The summed E-state index contributed by atoms with van der Waals surface area (Å²) in [7, 11) is 0. The van der Waals surface area contributed by atoms with Crippen LogP contribution in [0.4, 0.5) is 4.39 Å². The number of nitriles is 1. The van der Waals surface area contributed by atoms with Gasteiger partial charge in [0, 0.05) is 5.56 Å². The topological polar surface area (TPSA) is 48.2 Å². The zero-order valence-electron chi connectivity index (χ0n) is 8.66. The molecule has 4 heteroatoms. The van der Waals surface area contributed by atoms with Crippen LogP contribution in [0.2, 0.25) is 0 Å². The second-order valence-electron chi connectivity index (χ2n) is 3.15. The largest absolute Gasteiger partial charge is 0.281 e. The quantitative estimate of drug-likeness (QED) is 0.349. The lowest BCUT2D eigenvalue weighted by Crippen LogP contribution is -2.14. The Balaban J connectivity index is 2.87. The van der Waals surface area contributed by atoms with Crippen LogP contribution in [0.1, 0.15) is 25.5 Å². The minimum atomic E-state index is -0.299. The molecule has 0 aromatic heterocycles. The average Bonchev–Trinajstić information content (AvgIpc) is 2.18. The fourth-order valence-corrected chi connectivity index (χ4v) is 1.29. The minimum absolute atomic E-state index is 0.279. The molecule has 0 saturated carbocycles. The molecule has 0 amide bonds. The summed E-state index contributed by atoms with van der Waals surface area (Å²) < 4.78 is 13.3. The highest BCUT2D eigenvalue weighted by atomic mass is 19.1. The molecular weight excluding hydrogens is 193 g/mol. The highest BCUT2D eigenvalue weighted by molar-refractivity contribution is 5.81. The molecule has 0 bridgehead atoms. The number of aliphatic imine (C=N–C) groups is 1. The van der Waals surface area contributed by atoms with Gasteiger partial charge in [-0.1, -0.05) is 18.2 Å². The van der Waals surface area contributed by atoms with E-state index >= 15 is 0 Å². The van der Waals surface area contributed by atoms with Crippen LogP contribution in [0.5, 0.6) is 0 Å². The zero-order valence-corrected chi connectivity index (χ0v) is 8.66. The van der Waals surface area contributed by atoms with Gasteiger partial charge in [-0.25, -0.2) is 4.39 Å². The van der Waals surface area contributed by atoms with Gasteiger partial charge >= 0.3 is 0 Å². The average molecular weight is 205 g/mol. The number of nitrogens with zero attached hydrogens (tertiary/aromatic N) is 2. The van der Waals surface area contributed by atoms with Crippen LogP contribution in [0.15, 0.2) is 29.3 Å². The van der Waals surface area contributed by atoms with Gasteiger partial charge in [-0.05, 0) is 19.9 Å². The molecule has 1 atom stereocenters. The Morgan fingerprint density at radius 1 is 1.53 bits per heavy atom. The second kappa shape index (κ2) is 5.11. The van der Waals surface area contributed by atoms with Crippen molar-refractivity contribution >= 4 is 5.84 Å². The SMILES string of the molecule is CC(=NC(C)c1ccccc1F)NC#N. The molecule has 0 radical (unpaired) electrons. The number of amidine groups is 1. The molecule has 0 spiro atoms. The molecule has 0 aliphatic carbocycles. The molecule has 15 heavy (non-hydrogen) atoms. The van der Waals surface area contributed by atoms with Gasteiger partial charge in [-0.3, -0.25) is 10.3 Å². The monoisotopic (exact) mass is 205 g/mol. The number of hydrogen-bond donors (Lipinski definition) is 1. The van der Waals surface area contributed by atoms with Crippen molar-refractivity contribution < 1.29 is 4.39 Å². The van der Waals surface area contributed by atoms with Crippen molar-refractivity contribution in [1.29, 1.82) is 5.26 Å². The lowest BCUT2D eigenvalue weighted by molar-refractivity contribution is 0.594. The molecule has 1 unspecified atom stereocenters. The maximum Gasteiger partial charge on any atom is 0.182 e. The van der Waals surface area contributed by atoms with Gasteiger partial charge < -0.3 is 0 Å². The van der Waals surface area contributed by atoms with Crippen LogP contribution < -0.4 is 5.32 Å². The smallest absolute Gasteiger partial charge is 0.182 e. The van der Waals surface area contributed by atoms with Crippen LogP contribution in [-0.4, -0.2) is 5.84 Å². The van der Waals surface area contributed by atoms with E-state index in [0.29, 0.717) is 11.4 Å². The van der Waals surface area contributed by atoms with E-state index in [-0.39, 0.29) is 11.9 Å². The molecule has 78 valence electrons. The van der Waals surface area contributed by atoms with Gasteiger partial charge in [0.2, 0.25) is 0 Å². The third-order valence-corrected chi connectivity index (χ3v) is 1.98. The van der Waals surface area contributed by atoms with Gasteiger partial charge in [0.15, 0.2) is 6.19 Å². The molecule has 1 rings (SSSR count). The van der Waals surface area contributed by atoms with Crippen molar-refractivity contribution in [3.8, 4) is 6.19 Å². The van der Waals surface area contributed by atoms with Crippen molar-refractivity contribution in [3.05, 3.63) is 35.6 Å². The van der Waals surface area contributed by atoms with Crippen molar-refractivity contribution in [2.75, 3.05) is 0 Å². The van der Waals surface area contributed by atoms with Gasteiger partial charge in [0.25, 0.3) is 0 Å². The molecular formula is C11H12FN3. The minimum Gasteiger partial charge on any atom is -0.281 e. The summed E-state index contributed by atoms with van der Waals surface area (Å²) in [6.07, 6.45) is 1.76. The van der Waals surface area contributed by atoms with E-state index in [4.69, 9.17) is 5.26 Å². The normalized spacial score (nSPS) is 13.1. The Morgan fingerprint density at radius 2 is 2.20 bits per heavy atom. The lowest BCUT2D eigenvalue weighted by atomic mass is 10.1. The van der Waals surface area contributed by atoms with E-state index in [1.807, 2.05) is 0 Å². The van der Waals surface area contributed by atoms with Gasteiger partial charge in [-0.2, -0.15) is 5.26 Å².